The van der Waals surface area contributed by atoms with Crippen molar-refractivity contribution in [1.29, 1.82) is 0 Å². The maximum absolute atomic E-state index is 12.5. The topological polar surface area (TPSA) is 56.4 Å². The molecule has 29 heavy (non-hydrogen) atoms. The smallest absolute Gasteiger partial charge is 0.252 e. The molecule has 0 saturated carbocycles. The van der Waals surface area contributed by atoms with E-state index in [1.54, 1.807) is 0 Å². The van der Waals surface area contributed by atoms with Crippen LogP contribution in [0.4, 0.5) is 0 Å². The number of pyridine rings is 1. The lowest BCUT2D eigenvalue weighted by atomic mass is 10.1. The third-order valence-corrected chi connectivity index (χ3v) is 5.71. The Morgan fingerprint density at radius 2 is 1.72 bits per heavy atom. The number of fused-ring (bicyclic) bond motifs is 1. The van der Waals surface area contributed by atoms with Gasteiger partial charge in [-0.15, -0.1) is 0 Å². The van der Waals surface area contributed by atoms with Crippen molar-refractivity contribution in [3.05, 3.63) is 81.6 Å². The fraction of sp³-hybridized carbons (Fsp3) is 0.333. The van der Waals surface area contributed by atoms with Gasteiger partial charge in [-0.25, -0.2) is 0 Å². The summed E-state index contributed by atoms with van der Waals surface area (Å²) in [7, 11) is 0. The highest BCUT2D eigenvalue weighted by atomic mass is 16.2. The van der Waals surface area contributed by atoms with E-state index in [9.17, 15) is 9.59 Å². The second-order valence-electron chi connectivity index (χ2n) is 7.72. The Balaban J connectivity index is 1.38. The summed E-state index contributed by atoms with van der Waals surface area (Å²) in [5, 5.41) is 1.08. The monoisotopic (exact) mass is 389 g/mol. The Morgan fingerprint density at radius 3 is 2.45 bits per heavy atom. The van der Waals surface area contributed by atoms with E-state index in [0.717, 1.165) is 41.5 Å². The van der Waals surface area contributed by atoms with E-state index in [0.29, 0.717) is 26.1 Å². The number of piperazine rings is 1. The molecule has 1 saturated heterocycles. The first-order valence-electron chi connectivity index (χ1n) is 10.3. The highest BCUT2D eigenvalue weighted by Gasteiger charge is 2.21. The first-order valence-corrected chi connectivity index (χ1v) is 10.3. The van der Waals surface area contributed by atoms with Crippen LogP contribution in [-0.2, 0) is 24.2 Å². The molecule has 1 N–H and O–H groups in total. The minimum Gasteiger partial charge on any atom is -0.340 e. The Labute approximate surface area is 171 Å². The van der Waals surface area contributed by atoms with Gasteiger partial charge in [-0.1, -0.05) is 43.3 Å². The number of nitrogens with zero attached hydrogens (tertiary/aromatic N) is 2. The number of benzene rings is 2. The molecule has 5 nitrogen and oxygen atoms in total. The molecule has 1 fully saturated rings. The van der Waals surface area contributed by atoms with Gasteiger partial charge in [-0.3, -0.25) is 14.5 Å². The first kappa shape index (κ1) is 19.4. The highest BCUT2D eigenvalue weighted by Crippen LogP contribution is 2.16. The Hall–Kier alpha value is -2.92. The molecule has 3 aromatic rings. The average molecular weight is 389 g/mol. The molecule has 4 rings (SSSR count). The van der Waals surface area contributed by atoms with Crippen LogP contribution in [0.15, 0.2) is 59.4 Å². The maximum Gasteiger partial charge on any atom is 0.252 e. The molecule has 0 atom stereocenters. The van der Waals surface area contributed by atoms with E-state index in [2.05, 4.69) is 28.9 Å². The van der Waals surface area contributed by atoms with E-state index in [1.165, 1.54) is 5.56 Å². The van der Waals surface area contributed by atoms with Crippen LogP contribution in [0, 0.1) is 0 Å². The predicted molar refractivity (Wildman–Crippen MR) is 116 cm³/mol. The molecular weight excluding hydrogens is 362 g/mol. The second-order valence-corrected chi connectivity index (χ2v) is 7.72. The standard InChI is InChI=1S/C24H27N3O2/c1-2-18-8-9-22-20(14-18)16-21(24(29)25-22)17-26-10-12-27(13-11-26)23(28)15-19-6-4-3-5-7-19/h3-9,14,16H,2,10-13,15,17H2,1H3,(H,25,29). The average Bonchev–Trinajstić information content (AvgIpc) is 2.75. The first-order chi connectivity index (χ1) is 14.1. The summed E-state index contributed by atoms with van der Waals surface area (Å²) >= 11 is 0. The molecule has 0 radical (unpaired) electrons. The van der Waals surface area contributed by atoms with Crippen molar-refractivity contribution >= 4 is 16.8 Å². The van der Waals surface area contributed by atoms with Crippen LogP contribution in [0.1, 0.15) is 23.6 Å². The predicted octanol–water partition coefficient (Wildman–Crippen LogP) is 2.98. The van der Waals surface area contributed by atoms with Gasteiger partial charge in [-0.05, 0) is 41.1 Å². The number of H-pyrrole nitrogens is 1. The van der Waals surface area contributed by atoms with E-state index in [4.69, 9.17) is 0 Å². The van der Waals surface area contributed by atoms with E-state index in [-0.39, 0.29) is 11.5 Å². The normalized spacial score (nSPS) is 15.0. The molecule has 0 spiro atoms. The lowest BCUT2D eigenvalue weighted by molar-refractivity contribution is -0.132. The quantitative estimate of drug-likeness (QED) is 0.730. The van der Waals surface area contributed by atoms with Crippen LogP contribution in [0.3, 0.4) is 0 Å². The zero-order chi connectivity index (χ0) is 20.2. The summed E-state index contributed by atoms with van der Waals surface area (Å²) in [6.45, 7) is 5.73. The van der Waals surface area contributed by atoms with Crippen molar-refractivity contribution in [2.45, 2.75) is 26.3 Å². The van der Waals surface area contributed by atoms with Gasteiger partial charge in [0.1, 0.15) is 0 Å². The van der Waals surface area contributed by atoms with Crippen LogP contribution >= 0.6 is 0 Å². The molecule has 150 valence electrons. The summed E-state index contributed by atoms with van der Waals surface area (Å²) in [6.07, 6.45) is 1.42. The van der Waals surface area contributed by atoms with Crippen LogP contribution in [0.25, 0.3) is 10.9 Å². The maximum atomic E-state index is 12.5. The van der Waals surface area contributed by atoms with Gasteiger partial charge < -0.3 is 9.88 Å². The summed E-state index contributed by atoms with van der Waals surface area (Å²) in [5.74, 6) is 0.173. The molecule has 5 heteroatoms. The summed E-state index contributed by atoms with van der Waals surface area (Å²) in [5.41, 5.74) is 3.96. The molecule has 1 aromatic heterocycles. The minimum atomic E-state index is -0.0238. The lowest BCUT2D eigenvalue weighted by Crippen LogP contribution is -2.49. The molecule has 2 heterocycles. The number of nitrogens with one attached hydrogen (secondary N) is 1. The van der Waals surface area contributed by atoms with Gasteiger partial charge in [0, 0.05) is 43.8 Å². The third-order valence-electron chi connectivity index (χ3n) is 5.71. The van der Waals surface area contributed by atoms with Gasteiger partial charge in [0.15, 0.2) is 0 Å². The van der Waals surface area contributed by atoms with Crippen LogP contribution in [0.5, 0.6) is 0 Å². The molecule has 0 unspecified atom stereocenters. The van der Waals surface area contributed by atoms with Gasteiger partial charge >= 0.3 is 0 Å². The van der Waals surface area contributed by atoms with E-state index >= 15 is 0 Å². The van der Waals surface area contributed by atoms with E-state index < -0.39 is 0 Å². The number of hydrogen-bond donors (Lipinski definition) is 1. The SMILES string of the molecule is CCc1ccc2[nH]c(=O)c(CN3CCN(C(=O)Cc4ccccc4)CC3)cc2c1. The van der Waals surface area contributed by atoms with Crippen molar-refractivity contribution in [1.82, 2.24) is 14.8 Å². The molecule has 1 aliphatic heterocycles. The minimum absolute atomic E-state index is 0.0238. The second kappa shape index (κ2) is 8.62. The Bertz CT molecular complexity index is 1050. The molecule has 1 aliphatic rings. The van der Waals surface area contributed by atoms with Crippen LogP contribution < -0.4 is 5.56 Å². The zero-order valence-corrected chi connectivity index (χ0v) is 16.9. The van der Waals surface area contributed by atoms with Crippen molar-refractivity contribution in [3.63, 3.8) is 0 Å². The number of aryl methyl sites for hydroxylation is 1. The Kier molecular flexibility index (Phi) is 5.76. The third kappa shape index (κ3) is 4.57. The fourth-order valence-corrected chi connectivity index (χ4v) is 3.92. The number of aromatic nitrogens is 1. The van der Waals surface area contributed by atoms with Gasteiger partial charge in [-0.2, -0.15) is 0 Å². The van der Waals surface area contributed by atoms with Gasteiger partial charge in [0.05, 0.1) is 6.42 Å². The number of amides is 1. The lowest BCUT2D eigenvalue weighted by Gasteiger charge is -2.34. The van der Waals surface area contributed by atoms with Crippen LogP contribution in [-0.4, -0.2) is 46.9 Å². The van der Waals surface area contributed by atoms with Crippen LogP contribution in [0.2, 0.25) is 0 Å². The highest BCUT2D eigenvalue weighted by molar-refractivity contribution is 5.80. The summed E-state index contributed by atoms with van der Waals surface area (Å²) < 4.78 is 0. The molecule has 2 aromatic carbocycles. The number of aromatic amines is 1. The fourth-order valence-electron chi connectivity index (χ4n) is 3.92. The van der Waals surface area contributed by atoms with Crippen molar-refractivity contribution in [2.75, 3.05) is 26.2 Å². The molecular formula is C24H27N3O2. The van der Waals surface area contributed by atoms with Crippen molar-refractivity contribution < 1.29 is 4.79 Å². The Morgan fingerprint density at radius 1 is 0.966 bits per heavy atom. The molecule has 1 amide bonds. The summed E-state index contributed by atoms with van der Waals surface area (Å²) in [6, 6.07) is 18.1. The number of carbonyl (C=O) groups excluding carboxylic acids is 1. The van der Waals surface area contributed by atoms with Gasteiger partial charge in [0.2, 0.25) is 5.91 Å². The van der Waals surface area contributed by atoms with Crippen molar-refractivity contribution in [2.24, 2.45) is 0 Å². The van der Waals surface area contributed by atoms with E-state index in [1.807, 2.05) is 47.4 Å². The number of hydrogen-bond acceptors (Lipinski definition) is 3. The van der Waals surface area contributed by atoms with Gasteiger partial charge in [0.25, 0.3) is 5.56 Å². The zero-order valence-electron chi connectivity index (χ0n) is 16.9. The molecule has 0 bridgehead atoms. The number of carbonyl (C=O) groups is 1. The summed E-state index contributed by atoms with van der Waals surface area (Å²) in [4.78, 5) is 32.2. The molecule has 0 aliphatic carbocycles. The number of rotatable bonds is 5. The van der Waals surface area contributed by atoms with Crippen molar-refractivity contribution in [3.8, 4) is 0 Å². The largest absolute Gasteiger partial charge is 0.340 e.